The summed E-state index contributed by atoms with van der Waals surface area (Å²) in [5.41, 5.74) is 1.51. The van der Waals surface area contributed by atoms with Crippen molar-refractivity contribution in [3.8, 4) is 0 Å². The molecular formula is C20H21F2N3O2. The molecule has 1 atom stereocenters. The molecule has 27 heavy (non-hydrogen) atoms. The Bertz CT molecular complexity index is 918. The third-order valence-corrected chi connectivity index (χ3v) is 5.53. The van der Waals surface area contributed by atoms with Gasteiger partial charge >= 0.3 is 5.97 Å². The molecule has 0 radical (unpaired) electrons. The predicted octanol–water partition coefficient (Wildman–Crippen LogP) is 3.18. The minimum Gasteiger partial charge on any atom is -0.476 e. The number of fused-ring (bicyclic) bond motifs is 1. The van der Waals surface area contributed by atoms with Gasteiger partial charge < -0.3 is 10.4 Å². The summed E-state index contributed by atoms with van der Waals surface area (Å²) >= 11 is 0. The molecule has 142 valence electrons. The molecule has 1 unspecified atom stereocenters. The first-order valence-corrected chi connectivity index (χ1v) is 9.09. The maximum absolute atomic E-state index is 14.2. The quantitative estimate of drug-likeness (QED) is 0.764. The van der Waals surface area contributed by atoms with Crippen LogP contribution in [0, 0.1) is 11.6 Å². The SMILES string of the molecule is C=CCn1nc(C(=O)O)c2c1CCC(NC1(c3cc(F)ccc3F)CC1)C2. The second-order valence-corrected chi connectivity index (χ2v) is 7.34. The molecule has 1 aromatic heterocycles. The summed E-state index contributed by atoms with van der Waals surface area (Å²) in [6, 6.07) is 3.53. The van der Waals surface area contributed by atoms with Crippen molar-refractivity contribution >= 4 is 5.97 Å². The number of aromatic carboxylic acids is 1. The van der Waals surface area contributed by atoms with Crippen LogP contribution >= 0.6 is 0 Å². The number of hydrogen-bond donors (Lipinski definition) is 2. The van der Waals surface area contributed by atoms with Crippen molar-refractivity contribution in [1.82, 2.24) is 15.1 Å². The standard InChI is InChI=1S/C20H21F2N3O2/c1-2-9-25-17-6-4-13(11-14(17)18(24-25)19(26)27)23-20(7-8-20)15-10-12(21)3-5-16(15)22/h2-3,5,10,13,23H,1,4,6-9,11H2,(H,26,27). The first-order valence-electron chi connectivity index (χ1n) is 9.09. The first kappa shape index (κ1) is 17.9. The zero-order valence-electron chi connectivity index (χ0n) is 14.8. The van der Waals surface area contributed by atoms with Gasteiger partial charge in [0.15, 0.2) is 5.69 Å². The van der Waals surface area contributed by atoms with Crippen LogP contribution in [0.5, 0.6) is 0 Å². The summed E-state index contributed by atoms with van der Waals surface area (Å²) < 4.78 is 29.6. The zero-order valence-corrected chi connectivity index (χ0v) is 14.8. The van der Waals surface area contributed by atoms with Crippen LogP contribution in [0.15, 0.2) is 30.9 Å². The van der Waals surface area contributed by atoms with Gasteiger partial charge in [-0.3, -0.25) is 4.68 Å². The maximum Gasteiger partial charge on any atom is 0.356 e. The van der Waals surface area contributed by atoms with E-state index >= 15 is 0 Å². The van der Waals surface area contributed by atoms with E-state index in [1.54, 1.807) is 10.8 Å². The molecule has 1 aromatic carbocycles. The van der Waals surface area contributed by atoms with E-state index in [9.17, 15) is 18.7 Å². The van der Waals surface area contributed by atoms with E-state index in [1.807, 2.05) is 0 Å². The Hall–Kier alpha value is -2.54. The lowest BCUT2D eigenvalue weighted by atomic mass is 9.89. The van der Waals surface area contributed by atoms with Gasteiger partial charge in [-0.25, -0.2) is 13.6 Å². The van der Waals surface area contributed by atoms with E-state index in [0.717, 1.165) is 42.7 Å². The molecule has 0 saturated heterocycles. The highest BCUT2D eigenvalue weighted by Crippen LogP contribution is 2.47. The van der Waals surface area contributed by atoms with Crippen molar-refractivity contribution in [1.29, 1.82) is 0 Å². The first-order chi connectivity index (χ1) is 12.9. The lowest BCUT2D eigenvalue weighted by Gasteiger charge is -2.29. The molecule has 1 heterocycles. The van der Waals surface area contributed by atoms with Gasteiger partial charge in [0.05, 0.1) is 6.54 Å². The highest BCUT2D eigenvalue weighted by Gasteiger charge is 2.48. The average Bonchev–Trinajstić information content (AvgIpc) is 3.32. The summed E-state index contributed by atoms with van der Waals surface area (Å²) in [6.45, 7) is 4.16. The number of carboxylic acid groups (broad SMARTS) is 1. The largest absolute Gasteiger partial charge is 0.476 e. The number of halogens is 2. The van der Waals surface area contributed by atoms with Crippen molar-refractivity contribution in [2.24, 2.45) is 0 Å². The highest BCUT2D eigenvalue weighted by molar-refractivity contribution is 5.87. The fourth-order valence-corrected chi connectivity index (χ4v) is 4.13. The molecule has 0 amide bonds. The number of benzene rings is 1. The summed E-state index contributed by atoms with van der Waals surface area (Å²) in [7, 11) is 0. The molecule has 2 N–H and O–H groups in total. The second kappa shape index (κ2) is 6.56. The van der Waals surface area contributed by atoms with Gasteiger partial charge in [0.2, 0.25) is 0 Å². The van der Waals surface area contributed by atoms with Crippen LogP contribution in [-0.2, 0) is 24.9 Å². The molecule has 2 aliphatic rings. The van der Waals surface area contributed by atoms with Crippen LogP contribution in [0.3, 0.4) is 0 Å². The van der Waals surface area contributed by atoms with E-state index in [4.69, 9.17) is 0 Å². The number of nitrogens with zero attached hydrogens (tertiary/aromatic N) is 2. The summed E-state index contributed by atoms with van der Waals surface area (Å²) in [5, 5.41) is 17.2. The van der Waals surface area contributed by atoms with Crippen LogP contribution in [0.1, 0.15) is 46.6 Å². The van der Waals surface area contributed by atoms with Crippen LogP contribution < -0.4 is 5.32 Å². The third-order valence-electron chi connectivity index (χ3n) is 5.53. The number of nitrogens with one attached hydrogen (secondary N) is 1. The lowest BCUT2D eigenvalue weighted by molar-refractivity contribution is 0.0688. The highest BCUT2D eigenvalue weighted by atomic mass is 19.1. The summed E-state index contributed by atoms with van der Waals surface area (Å²) in [5.74, 6) is -1.92. The Labute approximate surface area is 155 Å². The minimum absolute atomic E-state index is 0.0119. The molecule has 0 spiro atoms. The van der Waals surface area contributed by atoms with Crippen molar-refractivity contribution in [2.45, 2.75) is 50.2 Å². The van der Waals surface area contributed by atoms with Crippen molar-refractivity contribution in [3.05, 3.63) is 65.0 Å². The summed E-state index contributed by atoms with van der Waals surface area (Å²) in [4.78, 5) is 11.6. The molecule has 5 nitrogen and oxygen atoms in total. The predicted molar refractivity (Wildman–Crippen MR) is 95.6 cm³/mol. The van der Waals surface area contributed by atoms with Gasteiger partial charge in [-0.2, -0.15) is 5.10 Å². The van der Waals surface area contributed by atoms with Crippen LogP contribution in [-0.4, -0.2) is 26.9 Å². The van der Waals surface area contributed by atoms with Gasteiger partial charge in [-0.1, -0.05) is 6.08 Å². The number of allylic oxidation sites excluding steroid dienone is 1. The molecule has 2 aromatic rings. The molecular weight excluding hydrogens is 352 g/mol. The Kier molecular flexibility index (Phi) is 4.34. The molecule has 0 aliphatic heterocycles. The number of carbonyl (C=O) groups is 1. The Morgan fingerprint density at radius 2 is 2.22 bits per heavy atom. The second-order valence-electron chi connectivity index (χ2n) is 7.34. The van der Waals surface area contributed by atoms with E-state index < -0.39 is 23.1 Å². The van der Waals surface area contributed by atoms with Gasteiger partial charge in [0.1, 0.15) is 11.6 Å². The van der Waals surface area contributed by atoms with E-state index in [-0.39, 0.29) is 11.7 Å². The fraction of sp³-hybridized carbons (Fsp3) is 0.400. The Morgan fingerprint density at radius 3 is 2.89 bits per heavy atom. The number of rotatable bonds is 6. The molecule has 1 saturated carbocycles. The zero-order chi connectivity index (χ0) is 19.2. The molecule has 4 rings (SSSR count). The van der Waals surface area contributed by atoms with Gasteiger partial charge in [-0.15, -0.1) is 6.58 Å². The van der Waals surface area contributed by atoms with Crippen LogP contribution in [0.25, 0.3) is 0 Å². The van der Waals surface area contributed by atoms with E-state index in [0.29, 0.717) is 24.9 Å². The number of aromatic nitrogens is 2. The number of hydrogen-bond acceptors (Lipinski definition) is 3. The minimum atomic E-state index is -1.05. The molecule has 2 aliphatic carbocycles. The van der Waals surface area contributed by atoms with Crippen molar-refractivity contribution in [3.63, 3.8) is 0 Å². The van der Waals surface area contributed by atoms with Gasteiger partial charge in [-0.05, 0) is 50.3 Å². The van der Waals surface area contributed by atoms with E-state index in [1.165, 1.54) is 6.07 Å². The molecule has 1 fully saturated rings. The molecule has 7 heteroatoms. The Morgan fingerprint density at radius 1 is 1.44 bits per heavy atom. The van der Waals surface area contributed by atoms with Crippen LogP contribution in [0.4, 0.5) is 8.78 Å². The topological polar surface area (TPSA) is 67.2 Å². The summed E-state index contributed by atoms with van der Waals surface area (Å²) in [6.07, 6.45) is 5.13. The van der Waals surface area contributed by atoms with Crippen molar-refractivity contribution in [2.75, 3.05) is 0 Å². The van der Waals surface area contributed by atoms with Gasteiger partial charge in [0, 0.05) is 28.4 Å². The smallest absolute Gasteiger partial charge is 0.356 e. The maximum atomic E-state index is 14.2. The lowest BCUT2D eigenvalue weighted by Crippen LogP contribution is -2.42. The van der Waals surface area contributed by atoms with E-state index in [2.05, 4.69) is 17.0 Å². The van der Waals surface area contributed by atoms with Gasteiger partial charge in [0.25, 0.3) is 0 Å². The number of carboxylic acids is 1. The Balaban J connectivity index is 1.59. The molecule has 0 bridgehead atoms. The normalized spacial score (nSPS) is 20.1. The monoisotopic (exact) mass is 373 g/mol. The fourth-order valence-electron chi connectivity index (χ4n) is 4.13. The average molecular weight is 373 g/mol. The third kappa shape index (κ3) is 3.16. The van der Waals surface area contributed by atoms with Crippen LogP contribution in [0.2, 0.25) is 0 Å². The van der Waals surface area contributed by atoms with Crippen molar-refractivity contribution < 1.29 is 18.7 Å².